The van der Waals surface area contributed by atoms with E-state index in [1.807, 2.05) is 0 Å². The molecule has 2 aromatic carbocycles. The lowest BCUT2D eigenvalue weighted by molar-refractivity contribution is -0.137. The molecule has 174 valence electrons. The molecule has 12 heteroatoms. The van der Waals surface area contributed by atoms with Crippen molar-refractivity contribution in [3.05, 3.63) is 57.0 Å². The van der Waals surface area contributed by atoms with Crippen molar-refractivity contribution in [3.63, 3.8) is 0 Å². The number of halogens is 2. The molecular weight excluding hydrogens is 518 g/mol. The number of aliphatic imine (C=N–C) groups is 1. The summed E-state index contributed by atoms with van der Waals surface area (Å²) in [5, 5.41) is 30.9. The van der Waals surface area contributed by atoms with Gasteiger partial charge >= 0.3 is 5.97 Å². The van der Waals surface area contributed by atoms with Crippen molar-refractivity contribution in [3.8, 4) is 5.75 Å². The summed E-state index contributed by atoms with van der Waals surface area (Å²) in [7, 11) is 0. The van der Waals surface area contributed by atoms with E-state index in [1.165, 1.54) is 12.1 Å². The summed E-state index contributed by atoms with van der Waals surface area (Å²) in [5.74, 6) is -1.93. The van der Waals surface area contributed by atoms with E-state index in [-0.39, 0.29) is 20.8 Å². The molecule has 1 aliphatic heterocycles. The number of amides is 2. The molecule has 0 bridgehead atoms. The second-order valence-corrected chi connectivity index (χ2v) is 8.38. The molecule has 0 saturated carbocycles. The number of carbonyl (C=O) groups is 3. The number of nitrogens with zero attached hydrogens (tertiary/aromatic N) is 1. The number of carbonyl (C=O) groups excluding carboxylic acids is 2. The lowest BCUT2D eigenvalue weighted by Gasteiger charge is -2.20. The van der Waals surface area contributed by atoms with Crippen LogP contribution in [-0.4, -0.2) is 53.6 Å². The van der Waals surface area contributed by atoms with Crippen LogP contribution in [0.5, 0.6) is 5.75 Å². The van der Waals surface area contributed by atoms with Crippen LogP contribution in [-0.2, 0) is 9.59 Å². The number of nitrogens with one attached hydrogen (secondary N) is 4. The van der Waals surface area contributed by atoms with Crippen molar-refractivity contribution in [1.82, 2.24) is 16.0 Å². The van der Waals surface area contributed by atoms with E-state index < -0.39 is 36.8 Å². The zero-order valence-corrected chi connectivity index (χ0v) is 19.5. The van der Waals surface area contributed by atoms with Crippen LogP contribution in [0.3, 0.4) is 0 Å². The Hall–Kier alpha value is -3.31. The second-order valence-electron chi connectivity index (χ2n) is 7.09. The SMILES string of the molecule is O=C(O)CC(NC(=O)CNC(=O)c1cccc(NC2=NCCN2)c1)c1cc(Cl)cc(Br)c1O. The molecule has 0 spiro atoms. The van der Waals surface area contributed by atoms with Crippen LogP contribution < -0.4 is 21.3 Å². The van der Waals surface area contributed by atoms with Crippen molar-refractivity contribution >= 4 is 57.0 Å². The van der Waals surface area contributed by atoms with Gasteiger partial charge in [0.2, 0.25) is 5.91 Å². The standard InChI is InChI=1S/C21H21BrClN5O5/c22-15-8-12(23)7-14(19(15)32)16(9-18(30)31)28-17(29)10-26-20(33)11-2-1-3-13(6-11)27-21-24-4-5-25-21/h1-3,6-8,16,32H,4-5,9-10H2,(H,26,33)(H,28,29)(H,30,31)(H2,24,25,27). The molecule has 3 rings (SSSR count). The summed E-state index contributed by atoms with van der Waals surface area (Å²) in [4.78, 5) is 40.4. The highest BCUT2D eigenvalue weighted by Gasteiger charge is 2.23. The van der Waals surface area contributed by atoms with Gasteiger partial charge in [-0.05, 0) is 46.3 Å². The number of aliphatic carboxylic acids is 1. The van der Waals surface area contributed by atoms with E-state index in [1.54, 1.807) is 24.3 Å². The van der Waals surface area contributed by atoms with Crippen molar-refractivity contribution < 1.29 is 24.6 Å². The Morgan fingerprint density at radius 1 is 1.24 bits per heavy atom. The predicted octanol–water partition coefficient (Wildman–Crippen LogP) is 2.24. The molecule has 1 atom stereocenters. The minimum atomic E-state index is -1.19. The van der Waals surface area contributed by atoms with Crippen LogP contribution in [0.1, 0.15) is 28.4 Å². The predicted molar refractivity (Wildman–Crippen MR) is 127 cm³/mol. The highest BCUT2D eigenvalue weighted by atomic mass is 79.9. The van der Waals surface area contributed by atoms with Gasteiger partial charge in [0.05, 0.1) is 30.0 Å². The average molecular weight is 539 g/mol. The quantitative estimate of drug-likeness (QED) is 0.301. The molecule has 1 aliphatic rings. The third-order valence-corrected chi connectivity index (χ3v) is 5.44. The van der Waals surface area contributed by atoms with Gasteiger partial charge in [0.15, 0.2) is 5.96 Å². The maximum Gasteiger partial charge on any atom is 0.305 e. The number of aromatic hydroxyl groups is 1. The van der Waals surface area contributed by atoms with Gasteiger partial charge in [-0.2, -0.15) is 0 Å². The smallest absolute Gasteiger partial charge is 0.305 e. The van der Waals surface area contributed by atoms with Gasteiger partial charge in [0, 0.05) is 28.4 Å². The van der Waals surface area contributed by atoms with Crippen LogP contribution in [0.2, 0.25) is 5.02 Å². The first-order chi connectivity index (χ1) is 15.7. The fraction of sp³-hybridized carbons (Fsp3) is 0.238. The van der Waals surface area contributed by atoms with E-state index in [2.05, 4.69) is 42.2 Å². The largest absolute Gasteiger partial charge is 0.506 e. The van der Waals surface area contributed by atoms with Gasteiger partial charge in [0.25, 0.3) is 5.91 Å². The highest BCUT2D eigenvalue weighted by molar-refractivity contribution is 9.10. The topological polar surface area (TPSA) is 152 Å². The molecule has 0 aromatic heterocycles. The molecule has 6 N–H and O–H groups in total. The maximum atomic E-state index is 12.5. The van der Waals surface area contributed by atoms with E-state index in [0.717, 1.165) is 6.54 Å². The first-order valence-electron chi connectivity index (χ1n) is 9.85. The zero-order valence-electron chi connectivity index (χ0n) is 17.2. The summed E-state index contributed by atoms with van der Waals surface area (Å²) in [5.41, 5.74) is 1.12. The first-order valence-corrected chi connectivity index (χ1v) is 11.0. The molecule has 2 amide bonds. The Bertz CT molecular complexity index is 1110. The van der Waals surface area contributed by atoms with Crippen LogP contribution in [0, 0.1) is 0 Å². The number of rotatable bonds is 8. The molecule has 0 saturated heterocycles. The Morgan fingerprint density at radius 3 is 2.73 bits per heavy atom. The van der Waals surface area contributed by atoms with E-state index in [9.17, 15) is 24.6 Å². The Morgan fingerprint density at radius 2 is 2.03 bits per heavy atom. The van der Waals surface area contributed by atoms with Gasteiger partial charge in [0.1, 0.15) is 5.75 Å². The number of guanidine groups is 1. The highest BCUT2D eigenvalue weighted by Crippen LogP contribution is 2.36. The number of phenols is 1. The fourth-order valence-electron chi connectivity index (χ4n) is 3.13. The second kappa shape index (κ2) is 11.0. The molecule has 1 heterocycles. The number of anilines is 1. The summed E-state index contributed by atoms with van der Waals surface area (Å²) < 4.78 is 0.259. The minimum absolute atomic E-state index is 0.138. The molecule has 1 unspecified atom stereocenters. The molecule has 2 aromatic rings. The molecular formula is C21H21BrClN5O5. The van der Waals surface area contributed by atoms with Crippen LogP contribution >= 0.6 is 27.5 Å². The molecule has 0 radical (unpaired) electrons. The van der Waals surface area contributed by atoms with Gasteiger partial charge in [-0.25, -0.2) is 0 Å². The Labute approximate surface area is 202 Å². The van der Waals surface area contributed by atoms with E-state index in [4.69, 9.17) is 11.6 Å². The maximum absolute atomic E-state index is 12.5. The fourth-order valence-corrected chi connectivity index (χ4v) is 3.96. The number of benzene rings is 2. The van der Waals surface area contributed by atoms with Crippen molar-refractivity contribution in [2.24, 2.45) is 4.99 Å². The number of hydrogen-bond donors (Lipinski definition) is 6. The average Bonchev–Trinajstić information content (AvgIpc) is 3.27. The Balaban J connectivity index is 1.63. The molecule has 0 aliphatic carbocycles. The van der Waals surface area contributed by atoms with Crippen molar-refractivity contribution in [2.45, 2.75) is 12.5 Å². The summed E-state index contributed by atoms with van der Waals surface area (Å²) in [6.07, 6.45) is -0.494. The molecule has 33 heavy (non-hydrogen) atoms. The van der Waals surface area contributed by atoms with Crippen molar-refractivity contribution in [2.75, 3.05) is 25.0 Å². The zero-order chi connectivity index (χ0) is 24.0. The molecule has 10 nitrogen and oxygen atoms in total. The summed E-state index contributed by atoms with van der Waals surface area (Å²) in [6.45, 7) is 1.01. The van der Waals surface area contributed by atoms with E-state index >= 15 is 0 Å². The van der Waals surface area contributed by atoms with Crippen LogP contribution in [0.25, 0.3) is 0 Å². The summed E-state index contributed by atoms with van der Waals surface area (Å²) >= 11 is 9.14. The lowest BCUT2D eigenvalue weighted by Crippen LogP contribution is -2.39. The van der Waals surface area contributed by atoms with Crippen LogP contribution in [0.15, 0.2) is 45.9 Å². The van der Waals surface area contributed by atoms with E-state index in [0.29, 0.717) is 23.8 Å². The number of hydrogen-bond acceptors (Lipinski definition) is 7. The van der Waals surface area contributed by atoms with Crippen molar-refractivity contribution in [1.29, 1.82) is 0 Å². The van der Waals surface area contributed by atoms with Gasteiger partial charge < -0.3 is 31.5 Å². The first kappa shape index (κ1) is 24.3. The monoisotopic (exact) mass is 537 g/mol. The Kier molecular flexibility index (Phi) is 8.12. The minimum Gasteiger partial charge on any atom is -0.506 e. The lowest BCUT2D eigenvalue weighted by atomic mass is 10.0. The number of carboxylic acid groups (broad SMARTS) is 1. The summed E-state index contributed by atoms with van der Waals surface area (Å²) in [6, 6.07) is 8.43. The molecule has 0 fully saturated rings. The van der Waals surface area contributed by atoms with Gasteiger partial charge in [-0.15, -0.1) is 0 Å². The van der Waals surface area contributed by atoms with Crippen LogP contribution in [0.4, 0.5) is 5.69 Å². The normalized spacial score (nSPS) is 13.5. The third-order valence-electron chi connectivity index (χ3n) is 4.62. The van der Waals surface area contributed by atoms with Gasteiger partial charge in [-0.3, -0.25) is 19.4 Å². The van der Waals surface area contributed by atoms with Gasteiger partial charge in [-0.1, -0.05) is 17.7 Å². The number of phenolic OH excluding ortho intramolecular Hbond substituents is 1. The number of carboxylic acids is 1. The third kappa shape index (κ3) is 6.83.